The van der Waals surface area contributed by atoms with Crippen molar-refractivity contribution in [1.29, 1.82) is 0 Å². The molecule has 0 bridgehead atoms. The molecule has 2 heterocycles. The zero-order chi connectivity index (χ0) is 13.3. The van der Waals surface area contributed by atoms with Crippen LogP contribution in [0.5, 0.6) is 0 Å². The van der Waals surface area contributed by atoms with Crippen LogP contribution in [-0.2, 0) is 4.79 Å². The van der Waals surface area contributed by atoms with Crippen molar-refractivity contribution in [2.24, 2.45) is 17.6 Å². The van der Waals surface area contributed by atoms with Gasteiger partial charge in [-0.25, -0.2) is 4.39 Å². The van der Waals surface area contributed by atoms with E-state index in [1.165, 1.54) is 17.2 Å². The van der Waals surface area contributed by atoms with Crippen LogP contribution in [0.4, 0.5) is 4.39 Å². The summed E-state index contributed by atoms with van der Waals surface area (Å²) < 4.78 is 13.4. The van der Waals surface area contributed by atoms with E-state index in [4.69, 9.17) is 5.73 Å². The smallest absolute Gasteiger partial charge is 0.256 e. The third kappa shape index (κ3) is 2.18. The van der Waals surface area contributed by atoms with Gasteiger partial charge in [0.25, 0.3) is 5.91 Å². The van der Waals surface area contributed by atoms with Gasteiger partial charge in [0.05, 0.1) is 17.7 Å². The molecule has 2 amide bonds. The van der Waals surface area contributed by atoms with Gasteiger partial charge in [0, 0.05) is 19.3 Å². The molecule has 2 atom stereocenters. The number of hydrogen-bond acceptors (Lipinski definition) is 3. The van der Waals surface area contributed by atoms with Gasteiger partial charge in [-0.1, -0.05) is 6.92 Å². The fourth-order valence-corrected chi connectivity index (χ4v) is 2.22. The molecule has 18 heavy (non-hydrogen) atoms. The van der Waals surface area contributed by atoms with Gasteiger partial charge < -0.3 is 10.6 Å². The molecule has 96 valence electrons. The molecular weight excluding hydrogens is 237 g/mol. The number of nitrogens with zero attached hydrogens (tertiary/aromatic N) is 2. The third-order valence-corrected chi connectivity index (χ3v) is 3.27. The summed E-state index contributed by atoms with van der Waals surface area (Å²) in [4.78, 5) is 28.3. The minimum Gasteiger partial charge on any atom is -0.369 e. The molecular formula is C12H14FN3O2. The Balaban J connectivity index is 2.17. The highest BCUT2D eigenvalue weighted by Crippen LogP contribution is 2.24. The first-order valence-corrected chi connectivity index (χ1v) is 5.68. The average Bonchev–Trinajstić information content (AvgIpc) is 2.71. The van der Waals surface area contributed by atoms with Crippen molar-refractivity contribution in [1.82, 2.24) is 9.88 Å². The first-order valence-electron chi connectivity index (χ1n) is 5.68. The van der Waals surface area contributed by atoms with Crippen molar-refractivity contribution in [3.63, 3.8) is 0 Å². The molecule has 1 fully saturated rings. The monoisotopic (exact) mass is 251 g/mol. The van der Waals surface area contributed by atoms with Crippen molar-refractivity contribution < 1.29 is 14.0 Å². The highest BCUT2D eigenvalue weighted by Gasteiger charge is 2.36. The molecule has 2 N–H and O–H groups in total. The zero-order valence-electron chi connectivity index (χ0n) is 9.97. The normalized spacial score (nSPS) is 23.1. The van der Waals surface area contributed by atoms with E-state index in [9.17, 15) is 14.0 Å². The van der Waals surface area contributed by atoms with Crippen LogP contribution in [-0.4, -0.2) is 34.8 Å². The van der Waals surface area contributed by atoms with E-state index in [2.05, 4.69) is 4.98 Å². The maximum Gasteiger partial charge on any atom is 0.256 e. The number of carbonyl (C=O) groups excluding carboxylic acids is 2. The lowest BCUT2D eigenvalue weighted by Gasteiger charge is -2.16. The summed E-state index contributed by atoms with van der Waals surface area (Å²) in [7, 11) is 0. The van der Waals surface area contributed by atoms with Gasteiger partial charge in [-0.3, -0.25) is 14.6 Å². The number of carbonyl (C=O) groups is 2. The molecule has 1 saturated heterocycles. The summed E-state index contributed by atoms with van der Waals surface area (Å²) in [6, 6.07) is 1.33. The van der Waals surface area contributed by atoms with Crippen LogP contribution in [0.25, 0.3) is 0 Å². The number of nitrogens with two attached hydrogens (primary N) is 1. The lowest BCUT2D eigenvalue weighted by Crippen LogP contribution is -2.32. The number of likely N-dealkylation sites (tertiary alicyclic amines) is 1. The van der Waals surface area contributed by atoms with Gasteiger partial charge in [0.2, 0.25) is 5.91 Å². The van der Waals surface area contributed by atoms with E-state index in [0.29, 0.717) is 6.54 Å². The Morgan fingerprint density at radius 2 is 2.22 bits per heavy atom. The van der Waals surface area contributed by atoms with Gasteiger partial charge in [0.15, 0.2) is 5.82 Å². The van der Waals surface area contributed by atoms with Crippen LogP contribution in [0.2, 0.25) is 0 Å². The van der Waals surface area contributed by atoms with Crippen LogP contribution in [0.3, 0.4) is 0 Å². The Labute approximate surface area is 104 Å². The van der Waals surface area contributed by atoms with Gasteiger partial charge in [0.1, 0.15) is 0 Å². The maximum absolute atomic E-state index is 13.4. The Bertz CT molecular complexity index is 492. The molecule has 1 aromatic rings. The molecule has 6 heteroatoms. The first kappa shape index (κ1) is 12.5. The number of halogens is 1. The largest absolute Gasteiger partial charge is 0.369 e. The highest BCUT2D eigenvalue weighted by atomic mass is 19.1. The Hall–Kier alpha value is -1.98. The van der Waals surface area contributed by atoms with Gasteiger partial charge in [-0.15, -0.1) is 0 Å². The predicted octanol–water partition coefficient (Wildman–Crippen LogP) is 0.414. The minimum absolute atomic E-state index is 0.00338. The molecule has 2 rings (SSSR count). The number of hydrogen-bond donors (Lipinski definition) is 1. The molecule has 1 aliphatic rings. The summed E-state index contributed by atoms with van der Waals surface area (Å²) in [5.41, 5.74) is 5.23. The molecule has 0 saturated carbocycles. The molecule has 1 aromatic heterocycles. The molecule has 0 radical (unpaired) electrons. The first-order chi connectivity index (χ1) is 8.50. The second kappa shape index (κ2) is 4.72. The molecule has 0 aromatic carbocycles. The van der Waals surface area contributed by atoms with Crippen LogP contribution in [0.1, 0.15) is 17.3 Å². The van der Waals surface area contributed by atoms with E-state index >= 15 is 0 Å². The van der Waals surface area contributed by atoms with Crippen LogP contribution in [0, 0.1) is 17.7 Å². The number of primary amides is 1. The lowest BCUT2D eigenvalue weighted by molar-refractivity contribution is -0.122. The molecule has 0 spiro atoms. The van der Waals surface area contributed by atoms with Crippen molar-refractivity contribution in [2.45, 2.75) is 6.92 Å². The summed E-state index contributed by atoms with van der Waals surface area (Å²) in [5.74, 6) is -1.87. The lowest BCUT2D eigenvalue weighted by atomic mass is 9.98. The average molecular weight is 251 g/mol. The Kier molecular flexibility index (Phi) is 3.27. The number of amides is 2. The van der Waals surface area contributed by atoms with Crippen LogP contribution in [0.15, 0.2) is 18.5 Å². The Morgan fingerprint density at radius 1 is 1.50 bits per heavy atom. The molecule has 0 unspecified atom stereocenters. The second-order valence-electron chi connectivity index (χ2n) is 4.55. The Morgan fingerprint density at radius 3 is 2.78 bits per heavy atom. The highest BCUT2D eigenvalue weighted by molar-refractivity contribution is 5.95. The van der Waals surface area contributed by atoms with Crippen LogP contribution >= 0.6 is 0 Å². The molecule has 1 aliphatic heterocycles. The summed E-state index contributed by atoms with van der Waals surface area (Å²) >= 11 is 0. The zero-order valence-corrected chi connectivity index (χ0v) is 9.97. The summed E-state index contributed by atoms with van der Waals surface area (Å²) in [5, 5.41) is 0. The van der Waals surface area contributed by atoms with E-state index in [0.717, 1.165) is 6.20 Å². The number of aromatic nitrogens is 1. The topological polar surface area (TPSA) is 76.3 Å². The summed E-state index contributed by atoms with van der Waals surface area (Å²) in [6.45, 7) is 2.51. The molecule has 0 aliphatic carbocycles. The van der Waals surface area contributed by atoms with Crippen molar-refractivity contribution in [3.8, 4) is 0 Å². The second-order valence-corrected chi connectivity index (χ2v) is 4.55. The minimum atomic E-state index is -0.655. The fourth-order valence-electron chi connectivity index (χ4n) is 2.22. The summed E-state index contributed by atoms with van der Waals surface area (Å²) in [6.07, 6.45) is 2.36. The maximum atomic E-state index is 13.4. The predicted molar refractivity (Wildman–Crippen MR) is 61.9 cm³/mol. The fraction of sp³-hybridized carbons (Fsp3) is 0.417. The molecule has 5 nitrogen and oxygen atoms in total. The number of rotatable bonds is 2. The standard InChI is InChI=1S/C12H14FN3O2/c1-7-5-16(6-9(7)11(14)17)12(18)8-2-3-15-4-10(8)13/h2-4,7,9H,5-6H2,1H3,(H2,14,17)/t7-,9-/m1/s1. The van der Waals surface area contributed by atoms with Crippen molar-refractivity contribution in [2.75, 3.05) is 13.1 Å². The quantitative estimate of drug-likeness (QED) is 0.827. The van der Waals surface area contributed by atoms with Gasteiger partial charge >= 0.3 is 0 Å². The van der Waals surface area contributed by atoms with E-state index in [-0.39, 0.29) is 23.9 Å². The van der Waals surface area contributed by atoms with Crippen LogP contribution < -0.4 is 5.73 Å². The van der Waals surface area contributed by atoms with E-state index in [1.54, 1.807) is 0 Å². The third-order valence-electron chi connectivity index (χ3n) is 3.27. The van der Waals surface area contributed by atoms with Gasteiger partial charge in [-0.05, 0) is 12.0 Å². The SMILES string of the molecule is C[C@@H]1CN(C(=O)c2ccncc2F)C[C@H]1C(N)=O. The van der Waals surface area contributed by atoms with E-state index < -0.39 is 17.6 Å². The van der Waals surface area contributed by atoms with Gasteiger partial charge in [-0.2, -0.15) is 0 Å². The van der Waals surface area contributed by atoms with E-state index in [1.807, 2.05) is 6.92 Å². The van der Waals surface area contributed by atoms with Crippen molar-refractivity contribution in [3.05, 3.63) is 29.8 Å². The number of pyridine rings is 1. The van der Waals surface area contributed by atoms with Crippen molar-refractivity contribution >= 4 is 11.8 Å².